The van der Waals surface area contributed by atoms with Crippen molar-refractivity contribution < 1.29 is 23.1 Å². The average Bonchev–Trinajstić information content (AvgIpc) is 3.34. The Morgan fingerprint density at radius 2 is 1.77 bits per heavy atom. The minimum absolute atomic E-state index is 0.0659. The Bertz CT molecular complexity index is 995. The first-order valence-corrected chi connectivity index (χ1v) is 9.49. The first kappa shape index (κ1) is 18.2. The zero-order valence-corrected chi connectivity index (χ0v) is 15.2. The third-order valence-corrected chi connectivity index (χ3v) is 7.12. The maximum Gasteiger partial charge on any atom is 0.326 e. The first-order chi connectivity index (χ1) is 12.3. The van der Waals surface area contributed by atoms with Gasteiger partial charge in [-0.1, -0.05) is 23.7 Å². The van der Waals surface area contributed by atoms with Crippen LogP contribution in [0.1, 0.15) is 11.5 Å². The largest absolute Gasteiger partial charge is 0.497 e. The molecule has 0 heterocycles. The minimum Gasteiger partial charge on any atom is -0.497 e. The third-order valence-electron chi connectivity index (χ3n) is 4.62. The van der Waals surface area contributed by atoms with E-state index in [4.69, 9.17) is 16.3 Å². The van der Waals surface area contributed by atoms with Crippen LogP contribution in [0.4, 0.5) is 0 Å². The maximum atomic E-state index is 13.0. The van der Waals surface area contributed by atoms with Gasteiger partial charge >= 0.3 is 5.97 Å². The molecular formula is C18H14ClNO5S. The van der Waals surface area contributed by atoms with E-state index in [2.05, 4.69) is 0 Å². The maximum absolute atomic E-state index is 13.0. The van der Waals surface area contributed by atoms with Crippen LogP contribution in [0.5, 0.6) is 5.75 Å². The van der Waals surface area contributed by atoms with Crippen LogP contribution < -0.4 is 4.74 Å². The molecule has 1 aliphatic rings. The fourth-order valence-electron chi connectivity index (χ4n) is 3.24. The summed E-state index contributed by atoms with van der Waals surface area (Å²) in [7, 11) is -2.57. The highest BCUT2D eigenvalue weighted by atomic mass is 35.5. The normalized spacial score (nSPS) is 24.5. The molecule has 2 aromatic carbocycles. The second-order valence-electron chi connectivity index (χ2n) is 5.96. The molecule has 1 aliphatic carbocycles. The Hall–Kier alpha value is -2.56. The van der Waals surface area contributed by atoms with Crippen molar-refractivity contribution in [2.24, 2.45) is 5.41 Å². The molecule has 0 radical (unpaired) electrons. The van der Waals surface area contributed by atoms with E-state index in [1.165, 1.54) is 31.4 Å². The van der Waals surface area contributed by atoms with E-state index in [1.807, 2.05) is 0 Å². The Balaban J connectivity index is 2.10. The number of nitrogens with zero attached hydrogens (tertiary/aromatic N) is 1. The summed E-state index contributed by atoms with van der Waals surface area (Å²) in [5, 5.41) is 18.1. The third kappa shape index (κ3) is 2.62. The van der Waals surface area contributed by atoms with E-state index in [-0.39, 0.29) is 4.90 Å². The van der Waals surface area contributed by atoms with Crippen molar-refractivity contribution in [3.05, 3.63) is 59.1 Å². The molecule has 8 heteroatoms. The van der Waals surface area contributed by atoms with Gasteiger partial charge in [-0.15, -0.1) is 0 Å². The molecular weight excluding hydrogens is 378 g/mol. The lowest BCUT2D eigenvalue weighted by atomic mass is 10.0. The molecule has 0 saturated heterocycles. The Labute approximate surface area is 155 Å². The fourth-order valence-corrected chi connectivity index (χ4v) is 5.61. The Morgan fingerprint density at radius 3 is 2.23 bits per heavy atom. The number of hydrogen-bond acceptors (Lipinski definition) is 5. The lowest BCUT2D eigenvalue weighted by Crippen LogP contribution is -2.22. The van der Waals surface area contributed by atoms with Gasteiger partial charge < -0.3 is 9.84 Å². The van der Waals surface area contributed by atoms with Crippen molar-refractivity contribution in [3.8, 4) is 11.8 Å². The van der Waals surface area contributed by atoms with Crippen molar-refractivity contribution in [1.29, 1.82) is 5.26 Å². The second kappa shape index (κ2) is 6.31. The van der Waals surface area contributed by atoms with E-state index in [9.17, 15) is 23.6 Å². The number of rotatable bonds is 5. The van der Waals surface area contributed by atoms with Crippen molar-refractivity contribution in [2.45, 2.75) is 16.1 Å². The smallest absolute Gasteiger partial charge is 0.326 e. The number of hydrogen-bond donors (Lipinski definition) is 1. The lowest BCUT2D eigenvalue weighted by Gasteiger charge is -2.05. The molecule has 0 amide bonds. The van der Waals surface area contributed by atoms with Crippen LogP contribution in [0.3, 0.4) is 0 Å². The zero-order chi connectivity index (χ0) is 19.1. The standard InChI is InChI=1S/C18H14ClNO5S/c1-25-13-6-2-11(3-7-13)15-16(18(15,10-20)17(21)22)26(23,24)14-8-4-12(19)5-9-14/h2-9,15-16H,1H3,(H,21,22)/t15-,16-,18-/m1/s1. The number of methoxy groups -OCH3 is 1. The minimum atomic E-state index is -4.05. The number of carbonyl (C=O) groups is 1. The first-order valence-electron chi connectivity index (χ1n) is 7.57. The summed E-state index contributed by atoms with van der Waals surface area (Å²) in [6.45, 7) is 0. The van der Waals surface area contributed by atoms with Gasteiger partial charge in [-0.2, -0.15) is 5.26 Å². The van der Waals surface area contributed by atoms with E-state index in [0.717, 1.165) is 0 Å². The molecule has 3 atom stereocenters. The summed E-state index contributed by atoms with van der Waals surface area (Å²) in [5.74, 6) is -1.88. The van der Waals surface area contributed by atoms with Gasteiger partial charge in [-0.25, -0.2) is 8.42 Å². The summed E-state index contributed by atoms with van der Waals surface area (Å²) in [5.41, 5.74) is -1.58. The molecule has 1 saturated carbocycles. The van der Waals surface area contributed by atoms with Gasteiger partial charge in [0, 0.05) is 10.9 Å². The SMILES string of the molecule is COc1ccc([C@@H]2[C@@H](S(=O)(=O)c3ccc(Cl)cc3)[C@]2(C#N)C(=O)O)cc1. The van der Waals surface area contributed by atoms with Gasteiger partial charge in [0.05, 0.1) is 18.1 Å². The number of sulfone groups is 1. The number of benzene rings is 2. The van der Waals surface area contributed by atoms with Crippen LogP contribution in [-0.2, 0) is 14.6 Å². The molecule has 0 aliphatic heterocycles. The number of halogens is 1. The molecule has 0 aromatic heterocycles. The molecule has 0 unspecified atom stereocenters. The summed E-state index contributed by atoms with van der Waals surface area (Å²) >= 11 is 5.79. The van der Waals surface area contributed by atoms with Crippen LogP contribution in [-0.4, -0.2) is 31.9 Å². The van der Waals surface area contributed by atoms with Gasteiger partial charge in [-0.3, -0.25) is 4.79 Å². The van der Waals surface area contributed by atoms with Gasteiger partial charge in [0.15, 0.2) is 15.3 Å². The fraction of sp³-hybridized carbons (Fsp3) is 0.222. The topological polar surface area (TPSA) is 104 Å². The van der Waals surface area contributed by atoms with Crippen molar-refractivity contribution in [3.63, 3.8) is 0 Å². The van der Waals surface area contributed by atoms with E-state index in [0.29, 0.717) is 16.3 Å². The van der Waals surface area contributed by atoms with Crippen molar-refractivity contribution in [2.75, 3.05) is 7.11 Å². The molecule has 134 valence electrons. The molecule has 0 spiro atoms. The van der Waals surface area contributed by atoms with Crippen molar-refractivity contribution in [1.82, 2.24) is 0 Å². The van der Waals surface area contributed by atoms with E-state index < -0.39 is 32.4 Å². The summed E-state index contributed by atoms with van der Waals surface area (Å²) in [4.78, 5) is 11.8. The van der Waals surface area contributed by atoms with Crippen molar-refractivity contribution >= 4 is 27.4 Å². The Morgan fingerprint density at radius 1 is 1.19 bits per heavy atom. The summed E-state index contributed by atoms with van der Waals surface area (Å²) in [6, 6.07) is 13.5. The van der Waals surface area contributed by atoms with Gasteiger partial charge in [-0.05, 0) is 42.0 Å². The molecule has 26 heavy (non-hydrogen) atoms. The van der Waals surface area contributed by atoms with Crippen LogP contribution in [0, 0.1) is 16.7 Å². The number of carboxylic acids is 1. The summed E-state index contributed by atoms with van der Waals surface area (Å²) in [6.07, 6.45) is 0. The van der Waals surface area contributed by atoms with Crippen LogP contribution >= 0.6 is 11.6 Å². The number of aliphatic carboxylic acids is 1. The quantitative estimate of drug-likeness (QED) is 0.840. The lowest BCUT2D eigenvalue weighted by molar-refractivity contribution is -0.141. The predicted molar refractivity (Wildman–Crippen MR) is 93.8 cm³/mol. The highest BCUT2D eigenvalue weighted by Gasteiger charge is 2.77. The van der Waals surface area contributed by atoms with Crippen LogP contribution in [0.15, 0.2) is 53.4 Å². The monoisotopic (exact) mass is 391 g/mol. The second-order valence-corrected chi connectivity index (χ2v) is 8.46. The van der Waals surface area contributed by atoms with Gasteiger partial charge in [0.1, 0.15) is 11.0 Å². The number of nitriles is 1. The predicted octanol–water partition coefficient (Wildman–Crippen LogP) is 2.88. The van der Waals surface area contributed by atoms with Crippen LogP contribution in [0.25, 0.3) is 0 Å². The molecule has 6 nitrogen and oxygen atoms in total. The van der Waals surface area contributed by atoms with E-state index >= 15 is 0 Å². The molecule has 0 bridgehead atoms. The highest BCUT2D eigenvalue weighted by molar-refractivity contribution is 7.92. The molecule has 2 aromatic rings. The molecule has 1 fully saturated rings. The van der Waals surface area contributed by atoms with Gasteiger partial charge in [0.25, 0.3) is 0 Å². The average molecular weight is 392 g/mol. The number of ether oxygens (including phenoxy) is 1. The highest BCUT2D eigenvalue weighted by Crippen LogP contribution is 2.64. The Kier molecular flexibility index (Phi) is 4.42. The molecule has 3 rings (SSSR count). The van der Waals surface area contributed by atoms with Crippen LogP contribution in [0.2, 0.25) is 5.02 Å². The zero-order valence-electron chi connectivity index (χ0n) is 13.6. The van der Waals surface area contributed by atoms with E-state index in [1.54, 1.807) is 30.3 Å². The molecule has 1 N–H and O–H groups in total. The number of carboxylic acid groups (broad SMARTS) is 1. The summed E-state index contributed by atoms with van der Waals surface area (Å²) < 4.78 is 31.1. The van der Waals surface area contributed by atoms with Gasteiger partial charge in [0.2, 0.25) is 0 Å².